The van der Waals surface area contributed by atoms with Crippen LogP contribution in [-0.4, -0.2) is 29.7 Å². The molecule has 0 heterocycles. The molecule has 5 nitrogen and oxygen atoms in total. The molecule has 108 valence electrons. The van der Waals surface area contributed by atoms with Crippen LogP contribution in [0, 0.1) is 5.41 Å². The van der Waals surface area contributed by atoms with E-state index in [1.54, 1.807) is 27.7 Å². The van der Waals surface area contributed by atoms with E-state index in [0.717, 1.165) is 12.8 Å². The quantitative estimate of drug-likeness (QED) is 0.711. The topological polar surface area (TPSA) is 75.3 Å². The fourth-order valence-corrected chi connectivity index (χ4v) is 1.42. The number of amides is 2. The lowest BCUT2D eigenvalue weighted by atomic mass is 9.94. The molecule has 0 radical (unpaired) electrons. The van der Waals surface area contributed by atoms with Gasteiger partial charge in [-0.3, -0.25) is 14.4 Å². The SMILES string of the molecule is [2H][C@@](CCC)(NC(=O)C(C)(C)C)C(=O)C(=O)NC1CC1. The van der Waals surface area contributed by atoms with E-state index < -0.39 is 29.0 Å². The van der Waals surface area contributed by atoms with Crippen LogP contribution in [0.15, 0.2) is 0 Å². The van der Waals surface area contributed by atoms with Crippen LogP contribution in [0.4, 0.5) is 0 Å². The molecule has 0 saturated heterocycles. The Bertz CT molecular complexity index is 413. The molecule has 0 aromatic rings. The standard InChI is InChI=1S/C14H24N2O3/c1-5-6-10(16-13(19)14(2,3)4)11(17)12(18)15-9-7-8-9/h9-10H,5-8H2,1-4H3,(H,15,18)(H,16,19)/t10-/m0/s1/i10D. The number of Topliss-reactive ketones (excluding diaryl/α,β-unsaturated/α-hetero) is 1. The molecule has 1 atom stereocenters. The molecule has 1 rings (SSSR count). The summed E-state index contributed by atoms with van der Waals surface area (Å²) >= 11 is 0. The van der Waals surface area contributed by atoms with Crippen LogP contribution in [0.2, 0.25) is 0 Å². The fourth-order valence-electron chi connectivity index (χ4n) is 1.42. The maximum absolute atomic E-state index is 12.2. The van der Waals surface area contributed by atoms with Gasteiger partial charge in [0.15, 0.2) is 0 Å². The van der Waals surface area contributed by atoms with Crippen LogP contribution in [0.3, 0.4) is 0 Å². The van der Waals surface area contributed by atoms with E-state index >= 15 is 0 Å². The summed E-state index contributed by atoms with van der Waals surface area (Å²) in [6.45, 7) is 6.90. The van der Waals surface area contributed by atoms with Crippen molar-refractivity contribution in [2.45, 2.75) is 65.4 Å². The Hall–Kier alpha value is -1.39. The number of hydrogen-bond acceptors (Lipinski definition) is 3. The zero-order chi connectivity index (χ0) is 15.6. The van der Waals surface area contributed by atoms with E-state index in [-0.39, 0.29) is 12.5 Å². The summed E-state index contributed by atoms with van der Waals surface area (Å²) in [4.78, 5) is 36.0. The predicted octanol–water partition coefficient (Wildman–Crippen LogP) is 1.17. The average Bonchev–Trinajstić information content (AvgIpc) is 3.10. The van der Waals surface area contributed by atoms with Crippen molar-refractivity contribution in [3.63, 3.8) is 0 Å². The number of hydrogen-bond donors (Lipinski definition) is 2. The zero-order valence-electron chi connectivity index (χ0n) is 13.1. The van der Waals surface area contributed by atoms with Gasteiger partial charge in [-0.25, -0.2) is 0 Å². The molecule has 0 unspecified atom stereocenters. The first-order valence-electron chi connectivity index (χ1n) is 7.28. The minimum absolute atomic E-state index is 0.0515. The summed E-state index contributed by atoms with van der Waals surface area (Å²) in [5, 5.41) is 5.00. The molecule has 0 spiro atoms. The van der Waals surface area contributed by atoms with Gasteiger partial charge in [0, 0.05) is 11.5 Å². The Labute approximate surface area is 115 Å². The third-order valence-electron chi connectivity index (χ3n) is 2.84. The third kappa shape index (κ3) is 5.01. The Morgan fingerprint density at radius 3 is 2.32 bits per heavy atom. The molecular formula is C14H24N2O3. The van der Waals surface area contributed by atoms with Crippen molar-refractivity contribution in [1.82, 2.24) is 10.6 Å². The molecule has 0 aliphatic heterocycles. The summed E-state index contributed by atoms with van der Waals surface area (Å²) in [6.07, 6.45) is 2.38. The van der Waals surface area contributed by atoms with Crippen molar-refractivity contribution in [3.8, 4) is 0 Å². The summed E-state index contributed by atoms with van der Waals surface area (Å²) in [5.41, 5.74) is -0.715. The largest absolute Gasteiger partial charge is 0.347 e. The highest BCUT2D eigenvalue weighted by molar-refractivity contribution is 6.38. The van der Waals surface area contributed by atoms with E-state index in [4.69, 9.17) is 1.37 Å². The van der Waals surface area contributed by atoms with Gasteiger partial charge in [-0.05, 0) is 19.3 Å². The van der Waals surface area contributed by atoms with Crippen molar-refractivity contribution in [2.75, 3.05) is 0 Å². The molecule has 1 aliphatic rings. The maximum Gasteiger partial charge on any atom is 0.289 e. The molecule has 2 amide bonds. The van der Waals surface area contributed by atoms with Gasteiger partial charge in [0.2, 0.25) is 11.7 Å². The van der Waals surface area contributed by atoms with Crippen molar-refractivity contribution in [3.05, 3.63) is 0 Å². The minimum atomic E-state index is -1.88. The molecule has 0 aromatic heterocycles. The number of ketones is 1. The summed E-state index contributed by atoms with van der Waals surface area (Å²) < 4.78 is 8.19. The predicted molar refractivity (Wildman–Crippen MR) is 72.5 cm³/mol. The minimum Gasteiger partial charge on any atom is -0.347 e. The van der Waals surface area contributed by atoms with Gasteiger partial charge in [-0.2, -0.15) is 0 Å². The van der Waals surface area contributed by atoms with Crippen LogP contribution < -0.4 is 10.6 Å². The third-order valence-corrected chi connectivity index (χ3v) is 2.84. The Kier molecular flexibility index (Phi) is 4.56. The normalized spacial score (nSPS) is 19.1. The lowest BCUT2D eigenvalue weighted by molar-refractivity contribution is -0.141. The number of rotatable bonds is 6. The van der Waals surface area contributed by atoms with Crippen molar-refractivity contribution in [2.24, 2.45) is 5.41 Å². The summed E-state index contributed by atoms with van der Waals surface area (Å²) in [7, 11) is 0. The maximum atomic E-state index is 12.2. The molecule has 1 saturated carbocycles. The van der Waals surface area contributed by atoms with Gasteiger partial charge >= 0.3 is 0 Å². The average molecular weight is 269 g/mol. The number of carbonyl (C=O) groups is 3. The highest BCUT2D eigenvalue weighted by Gasteiger charge is 2.32. The molecule has 5 heteroatoms. The van der Waals surface area contributed by atoms with E-state index in [2.05, 4.69) is 10.6 Å². The van der Waals surface area contributed by atoms with Gasteiger partial charge in [-0.1, -0.05) is 34.1 Å². The van der Waals surface area contributed by atoms with Crippen molar-refractivity contribution >= 4 is 17.6 Å². The highest BCUT2D eigenvalue weighted by atomic mass is 16.2. The summed E-state index contributed by atoms with van der Waals surface area (Å²) in [5.74, 6) is -2.07. The second-order valence-corrected chi connectivity index (χ2v) is 6.01. The molecule has 19 heavy (non-hydrogen) atoms. The Morgan fingerprint density at radius 1 is 1.32 bits per heavy atom. The van der Waals surface area contributed by atoms with Gasteiger partial charge in [0.1, 0.15) is 0 Å². The number of nitrogens with one attached hydrogen (secondary N) is 2. The van der Waals surface area contributed by atoms with Crippen LogP contribution in [0.1, 0.15) is 54.7 Å². The summed E-state index contributed by atoms with van der Waals surface area (Å²) in [6, 6.07) is -1.83. The van der Waals surface area contributed by atoms with E-state index in [1.165, 1.54) is 0 Å². The number of carbonyl (C=O) groups excluding carboxylic acids is 3. The van der Waals surface area contributed by atoms with Crippen molar-refractivity contribution in [1.29, 1.82) is 0 Å². The Morgan fingerprint density at radius 2 is 1.89 bits per heavy atom. The lowest BCUT2D eigenvalue weighted by Crippen LogP contribution is -2.50. The molecule has 0 bridgehead atoms. The first-order chi connectivity index (χ1) is 9.10. The van der Waals surface area contributed by atoms with Crippen LogP contribution in [0.5, 0.6) is 0 Å². The van der Waals surface area contributed by atoms with Gasteiger partial charge in [-0.15, -0.1) is 0 Å². The van der Waals surface area contributed by atoms with Gasteiger partial charge in [0.05, 0.1) is 7.39 Å². The van der Waals surface area contributed by atoms with Crippen molar-refractivity contribution < 1.29 is 15.8 Å². The van der Waals surface area contributed by atoms with Gasteiger partial charge in [0.25, 0.3) is 5.91 Å². The van der Waals surface area contributed by atoms with Crippen LogP contribution in [0.25, 0.3) is 0 Å². The van der Waals surface area contributed by atoms with E-state index in [1.807, 2.05) is 0 Å². The first kappa shape index (κ1) is 14.0. The van der Waals surface area contributed by atoms with Crippen LogP contribution in [-0.2, 0) is 14.4 Å². The fraction of sp³-hybridized carbons (Fsp3) is 0.786. The van der Waals surface area contributed by atoms with E-state index in [9.17, 15) is 14.4 Å². The molecule has 1 fully saturated rings. The molecule has 0 aromatic carbocycles. The second kappa shape index (κ2) is 6.17. The molecular weight excluding hydrogens is 244 g/mol. The smallest absolute Gasteiger partial charge is 0.289 e. The second-order valence-electron chi connectivity index (χ2n) is 6.01. The van der Waals surface area contributed by atoms with Crippen LogP contribution >= 0.6 is 0 Å². The Balaban J connectivity index is 2.80. The first-order valence-corrected chi connectivity index (χ1v) is 6.78. The van der Waals surface area contributed by atoms with E-state index in [0.29, 0.717) is 6.42 Å². The molecule has 1 aliphatic carbocycles. The highest BCUT2D eigenvalue weighted by Crippen LogP contribution is 2.19. The monoisotopic (exact) mass is 269 g/mol. The lowest BCUT2D eigenvalue weighted by Gasteiger charge is -2.23. The molecule has 2 N–H and O–H groups in total. The zero-order valence-corrected chi connectivity index (χ0v) is 12.1. The van der Waals surface area contributed by atoms with Gasteiger partial charge < -0.3 is 10.6 Å².